The summed E-state index contributed by atoms with van der Waals surface area (Å²) in [7, 11) is -4.88. The van der Waals surface area contributed by atoms with Crippen molar-refractivity contribution < 1.29 is 61.0 Å². The Kier molecular flexibility index (Phi) is 9.18. The zero-order valence-electron chi connectivity index (χ0n) is 20.3. The van der Waals surface area contributed by atoms with Crippen LogP contribution >= 0.6 is 0 Å². The molecule has 1 aliphatic heterocycles. The minimum Gasteiger partial charge on any atom is -0.492 e. The minimum absolute atomic E-state index is 0.0458. The second kappa shape index (κ2) is 12.0. The van der Waals surface area contributed by atoms with Gasteiger partial charge in [0.05, 0.1) is 0 Å². The molecule has 20 heteroatoms. The van der Waals surface area contributed by atoms with Gasteiger partial charge in [-0.05, 0) is 18.9 Å². The van der Waals surface area contributed by atoms with Gasteiger partial charge in [-0.3, -0.25) is 9.12 Å². The van der Waals surface area contributed by atoms with Crippen LogP contribution in [0.5, 0.6) is 11.8 Å². The van der Waals surface area contributed by atoms with Crippen molar-refractivity contribution in [3.05, 3.63) is 28.8 Å². The molecule has 3 rings (SSSR count). The third-order valence-electron chi connectivity index (χ3n) is 5.54. The van der Waals surface area contributed by atoms with Crippen LogP contribution in [-0.2, 0) is 24.4 Å². The highest BCUT2D eigenvalue weighted by molar-refractivity contribution is 7.86. The molecule has 0 aromatic carbocycles. The molecule has 1 amide bonds. The van der Waals surface area contributed by atoms with Crippen LogP contribution in [-0.4, -0.2) is 85.9 Å². The number of hydrogen-bond donors (Lipinski definition) is 6. The number of alkyl carbamates (subject to hydrolysis) is 1. The molecule has 7 N–H and O–H groups in total. The fraction of sp³-hybridized carbons (Fsp3) is 0.500. The van der Waals surface area contributed by atoms with Crippen molar-refractivity contribution in [1.29, 1.82) is 0 Å². The number of hydrogen-bond acceptors (Lipinski definition) is 13. The molecular weight excluding hydrogens is 572 g/mol. The third-order valence-corrected chi connectivity index (χ3v) is 6.40. The van der Waals surface area contributed by atoms with Crippen LogP contribution in [0, 0.1) is 0 Å². The van der Waals surface area contributed by atoms with Crippen LogP contribution in [0.25, 0.3) is 0 Å². The molecule has 2 aromatic rings. The van der Waals surface area contributed by atoms with Gasteiger partial charge in [0, 0.05) is 25.2 Å². The first-order valence-electron chi connectivity index (χ1n) is 11.4. The molecule has 1 fully saturated rings. The van der Waals surface area contributed by atoms with E-state index < -0.39 is 75.5 Å². The number of anilines is 1. The normalized spacial score (nSPS) is 20.2. The first-order valence-corrected chi connectivity index (χ1v) is 12.9. The predicted molar refractivity (Wildman–Crippen MR) is 125 cm³/mol. The number of nitrogens with zero attached hydrogens (tertiary/aromatic N) is 3. The SMILES string of the molecule is Nc1ccn([C@@H]2O[C@H](COC(=O)NCCCCCC(=O)On3c(O)cc(S(=O)(=O)O)c3O)[C@H](O)C2(F)F)c(=O)n1. The Morgan fingerprint density at radius 3 is 2.58 bits per heavy atom. The summed E-state index contributed by atoms with van der Waals surface area (Å²) in [6, 6.07) is 1.57. The van der Waals surface area contributed by atoms with Crippen molar-refractivity contribution in [1.82, 2.24) is 19.6 Å². The van der Waals surface area contributed by atoms with Gasteiger partial charge in [-0.1, -0.05) is 6.42 Å². The van der Waals surface area contributed by atoms with Crippen LogP contribution in [0.1, 0.15) is 31.9 Å². The van der Waals surface area contributed by atoms with Gasteiger partial charge >= 0.3 is 23.7 Å². The first kappa shape index (κ1) is 30.5. The zero-order chi connectivity index (χ0) is 29.8. The van der Waals surface area contributed by atoms with E-state index in [1.165, 1.54) is 0 Å². The maximum Gasteiger partial charge on any atom is 0.407 e. The quantitative estimate of drug-likeness (QED) is 0.136. The summed E-state index contributed by atoms with van der Waals surface area (Å²) in [5.74, 6) is -7.23. The lowest BCUT2D eigenvalue weighted by Gasteiger charge is -2.20. The van der Waals surface area contributed by atoms with Crippen LogP contribution < -0.4 is 21.6 Å². The molecule has 3 atom stereocenters. The van der Waals surface area contributed by atoms with E-state index in [9.17, 15) is 46.9 Å². The largest absolute Gasteiger partial charge is 0.492 e. The molecule has 0 unspecified atom stereocenters. The van der Waals surface area contributed by atoms with E-state index in [-0.39, 0.29) is 29.9 Å². The summed E-state index contributed by atoms with van der Waals surface area (Å²) in [4.78, 5) is 42.5. The maximum atomic E-state index is 14.5. The second-order valence-corrected chi connectivity index (χ2v) is 9.84. The number of aromatic hydroxyl groups is 2. The number of nitrogens with one attached hydrogen (secondary N) is 1. The number of carbonyl (C=O) groups excluding carboxylic acids is 2. The fourth-order valence-electron chi connectivity index (χ4n) is 3.56. The van der Waals surface area contributed by atoms with Crippen molar-refractivity contribution >= 4 is 28.0 Å². The molecule has 0 aliphatic carbocycles. The standard InChI is InChI=1S/C20H25F2N5O12S/c21-20(22)15(30)10(38-17(20)26-7-5-12(23)25-18(26)32)9-37-19(33)24-6-3-1-2-4-14(29)39-27-13(28)8-11(16(27)31)40(34,35)36/h5,7-8,10,15,17,28,30-31H,1-4,6,9H2,(H,24,33)(H2,23,25,32)(H,34,35,36)/t10-,15+,17-/m1/s1. The number of aliphatic hydroxyl groups is 1. The van der Waals surface area contributed by atoms with Gasteiger partial charge in [0.2, 0.25) is 12.1 Å². The van der Waals surface area contributed by atoms with E-state index in [1.54, 1.807) is 0 Å². The molecule has 0 saturated carbocycles. The number of carbonyl (C=O) groups is 2. The molecule has 3 heterocycles. The lowest BCUT2D eigenvalue weighted by Crippen LogP contribution is -2.42. The summed E-state index contributed by atoms with van der Waals surface area (Å²) in [5.41, 5.74) is 4.20. The van der Waals surface area contributed by atoms with Crippen LogP contribution in [0.15, 0.2) is 28.0 Å². The Morgan fingerprint density at radius 1 is 1.25 bits per heavy atom. The summed E-state index contributed by atoms with van der Waals surface area (Å²) < 4.78 is 70.5. The molecule has 1 saturated heterocycles. The monoisotopic (exact) mass is 597 g/mol. The Hall–Kier alpha value is -4.01. The smallest absolute Gasteiger partial charge is 0.407 e. The number of ether oxygens (including phenoxy) is 2. The molecule has 2 aromatic heterocycles. The highest BCUT2D eigenvalue weighted by Crippen LogP contribution is 2.42. The lowest BCUT2D eigenvalue weighted by atomic mass is 10.1. The van der Waals surface area contributed by atoms with E-state index in [1.807, 2.05) is 0 Å². The average Bonchev–Trinajstić information content (AvgIpc) is 3.26. The molecular formula is C20H25F2N5O12S. The first-order chi connectivity index (χ1) is 18.6. The number of nitrogens with two attached hydrogens (primary N) is 1. The van der Waals surface area contributed by atoms with Gasteiger partial charge in [0.15, 0.2) is 11.0 Å². The number of nitrogen functional groups attached to an aromatic ring is 1. The molecule has 222 valence electrons. The van der Waals surface area contributed by atoms with Crippen molar-refractivity contribution in [2.75, 3.05) is 18.9 Å². The van der Waals surface area contributed by atoms with Crippen molar-refractivity contribution in [3.8, 4) is 11.8 Å². The van der Waals surface area contributed by atoms with Gasteiger partial charge in [0.25, 0.3) is 16.0 Å². The van der Waals surface area contributed by atoms with Crippen LogP contribution in [0.2, 0.25) is 0 Å². The second-order valence-electron chi connectivity index (χ2n) is 8.45. The number of alkyl halides is 2. The lowest BCUT2D eigenvalue weighted by molar-refractivity contribution is -0.145. The summed E-state index contributed by atoms with van der Waals surface area (Å²) in [5, 5.41) is 31.5. The van der Waals surface area contributed by atoms with Gasteiger partial charge in [-0.15, -0.1) is 4.73 Å². The van der Waals surface area contributed by atoms with Crippen LogP contribution in [0.4, 0.5) is 19.4 Å². The highest BCUT2D eigenvalue weighted by atomic mass is 32.2. The average molecular weight is 598 g/mol. The predicted octanol–water partition coefficient (Wildman–Crippen LogP) is -0.879. The molecule has 40 heavy (non-hydrogen) atoms. The Bertz CT molecular complexity index is 1410. The van der Waals surface area contributed by atoms with Gasteiger partial charge < -0.3 is 40.7 Å². The Morgan fingerprint density at radius 2 is 1.95 bits per heavy atom. The molecule has 0 spiro atoms. The fourth-order valence-corrected chi connectivity index (χ4v) is 4.13. The van der Waals surface area contributed by atoms with Crippen molar-refractivity contribution in [2.45, 2.75) is 54.9 Å². The van der Waals surface area contributed by atoms with Gasteiger partial charge in [-0.25, -0.2) is 14.4 Å². The van der Waals surface area contributed by atoms with Gasteiger partial charge in [0.1, 0.15) is 18.5 Å². The highest BCUT2D eigenvalue weighted by Gasteiger charge is 2.60. The number of rotatable bonds is 11. The van der Waals surface area contributed by atoms with E-state index in [4.69, 9.17) is 19.8 Å². The van der Waals surface area contributed by atoms with Crippen molar-refractivity contribution in [2.24, 2.45) is 0 Å². The topological polar surface area (TPSA) is 255 Å². The number of unbranched alkanes of at least 4 members (excludes halogenated alkanes) is 2. The maximum absolute atomic E-state index is 14.5. The minimum atomic E-state index is -4.88. The Balaban J connectivity index is 1.36. The molecule has 0 radical (unpaired) electrons. The Labute approximate surface area is 223 Å². The third kappa shape index (κ3) is 6.94. The number of aromatic nitrogens is 3. The number of amides is 1. The van der Waals surface area contributed by atoms with E-state index in [2.05, 4.69) is 15.1 Å². The number of aliphatic hydroxyl groups excluding tert-OH is 1. The van der Waals surface area contributed by atoms with Crippen LogP contribution in [0.3, 0.4) is 0 Å². The summed E-state index contributed by atoms with van der Waals surface area (Å²) >= 11 is 0. The molecule has 0 bridgehead atoms. The molecule has 1 aliphatic rings. The van der Waals surface area contributed by atoms with Crippen molar-refractivity contribution in [3.63, 3.8) is 0 Å². The summed E-state index contributed by atoms with van der Waals surface area (Å²) in [6.45, 7) is -0.718. The zero-order valence-corrected chi connectivity index (χ0v) is 21.2. The number of halogens is 2. The van der Waals surface area contributed by atoms with E-state index >= 15 is 0 Å². The van der Waals surface area contributed by atoms with E-state index in [0.717, 1.165) is 12.3 Å². The van der Waals surface area contributed by atoms with E-state index in [0.29, 0.717) is 23.5 Å². The summed E-state index contributed by atoms with van der Waals surface area (Å²) in [6.07, 6.45) is -5.69. The van der Waals surface area contributed by atoms with Gasteiger partial charge in [-0.2, -0.15) is 22.2 Å². The molecule has 17 nitrogen and oxygen atoms in total.